The van der Waals surface area contributed by atoms with Crippen LogP contribution in [0.25, 0.3) is 0 Å². The number of ether oxygens (including phenoxy) is 1. The molecule has 0 aromatic carbocycles. The van der Waals surface area contributed by atoms with E-state index in [2.05, 4.69) is 4.98 Å². The molecule has 21 heavy (non-hydrogen) atoms. The molecule has 2 atom stereocenters. The molecule has 2 unspecified atom stereocenters. The van der Waals surface area contributed by atoms with Crippen LogP contribution in [-0.4, -0.2) is 50.2 Å². The fourth-order valence-corrected chi connectivity index (χ4v) is 2.94. The number of aromatic nitrogens is 2. The molecule has 1 saturated heterocycles. The SMILES string of the molecule is CC(C)N1C(=O)COC(C(=O)O)C1c1cncn1C1CC1. The van der Waals surface area contributed by atoms with E-state index in [0.29, 0.717) is 6.04 Å². The molecule has 2 heterocycles. The molecule has 1 saturated carbocycles. The van der Waals surface area contributed by atoms with Crippen molar-refractivity contribution in [2.75, 3.05) is 6.61 Å². The van der Waals surface area contributed by atoms with Crippen LogP contribution in [0.5, 0.6) is 0 Å². The third-order valence-electron chi connectivity index (χ3n) is 4.00. The Hall–Kier alpha value is -1.89. The molecule has 0 spiro atoms. The van der Waals surface area contributed by atoms with Crippen LogP contribution < -0.4 is 0 Å². The Kier molecular flexibility index (Phi) is 3.44. The van der Waals surface area contributed by atoms with Gasteiger partial charge in [0, 0.05) is 12.1 Å². The van der Waals surface area contributed by atoms with Gasteiger partial charge in [0.2, 0.25) is 5.91 Å². The zero-order chi connectivity index (χ0) is 15.1. The van der Waals surface area contributed by atoms with Crippen molar-refractivity contribution in [1.29, 1.82) is 0 Å². The topological polar surface area (TPSA) is 84.7 Å². The predicted octanol–water partition coefficient (Wildman–Crippen LogP) is 0.979. The fourth-order valence-electron chi connectivity index (χ4n) is 2.94. The summed E-state index contributed by atoms with van der Waals surface area (Å²) in [5.41, 5.74) is 0.742. The van der Waals surface area contributed by atoms with Gasteiger partial charge in [-0.3, -0.25) is 4.79 Å². The van der Waals surface area contributed by atoms with Crippen LogP contribution in [0.3, 0.4) is 0 Å². The number of carboxylic acids is 1. The average Bonchev–Trinajstić information content (AvgIpc) is 3.15. The zero-order valence-corrected chi connectivity index (χ0v) is 12.1. The summed E-state index contributed by atoms with van der Waals surface area (Å²) in [5, 5.41) is 9.45. The quantitative estimate of drug-likeness (QED) is 0.894. The third kappa shape index (κ3) is 2.42. The molecule has 1 aromatic heterocycles. The van der Waals surface area contributed by atoms with Crippen molar-refractivity contribution in [3.05, 3.63) is 18.2 Å². The number of rotatable bonds is 4. The molecule has 1 N–H and O–H groups in total. The first-order chi connectivity index (χ1) is 10.0. The van der Waals surface area contributed by atoms with Crippen LogP contribution >= 0.6 is 0 Å². The van der Waals surface area contributed by atoms with Crippen LogP contribution in [0.15, 0.2) is 12.5 Å². The summed E-state index contributed by atoms with van der Waals surface area (Å²) in [6, 6.07) is -0.370. The normalized spacial score (nSPS) is 26.4. The van der Waals surface area contributed by atoms with Crippen molar-refractivity contribution in [3.8, 4) is 0 Å². The van der Waals surface area contributed by atoms with Gasteiger partial charge in [-0.15, -0.1) is 0 Å². The van der Waals surface area contributed by atoms with E-state index in [4.69, 9.17) is 4.74 Å². The highest BCUT2D eigenvalue weighted by atomic mass is 16.5. The van der Waals surface area contributed by atoms with E-state index in [1.54, 1.807) is 17.4 Å². The fraction of sp³-hybridized carbons (Fsp3) is 0.643. The van der Waals surface area contributed by atoms with Crippen LogP contribution in [0, 0.1) is 0 Å². The lowest BCUT2D eigenvalue weighted by atomic mass is 10.0. The molecule has 7 heteroatoms. The second kappa shape index (κ2) is 5.14. The van der Waals surface area contributed by atoms with E-state index in [-0.39, 0.29) is 18.6 Å². The summed E-state index contributed by atoms with van der Waals surface area (Å²) in [6.45, 7) is 3.57. The van der Waals surface area contributed by atoms with Gasteiger partial charge in [0.05, 0.1) is 18.2 Å². The lowest BCUT2D eigenvalue weighted by molar-refractivity contribution is -0.175. The predicted molar refractivity (Wildman–Crippen MR) is 72.6 cm³/mol. The Morgan fingerprint density at radius 2 is 2.19 bits per heavy atom. The number of aliphatic carboxylic acids is 1. The zero-order valence-electron chi connectivity index (χ0n) is 12.1. The minimum Gasteiger partial charge on any atom is -0.479 e. The highest BCUT2D eigenvalue weighted by Crippen LogP contribution is 2.40. The van der Waals surface area contributed by atoms with Crippen LogP contribution in [-0.2, 0) is 14.3 Å². The first-order valence-corrected chi connectivity index (χ1v) is 7.18. The molecule has 0 radical (unpaired) electrons. The number of morpholine rings is 1. The summed E-state index contributed by atoms with van der Waals surface area (Å²) >= 11 is 0. The van der Waals surface area contributed by atoms with Gasteiger partial charge in [0.1, 0.15) is 12.6 Å². The van der Waals surface area contributed by atoms with Crippen LogP contribution in [0.1, 0.15) is 44.5 Å². The van der Waals surface area contributed by atoms with Crippen molar-refractivity contribution in [1.82, 2.24) is 14.5 Å². The first-order valence-electron chi connectivity index (χ1n) is 7.18. The van der Waals surface area contributed by atoms with Gasteiger partial charge in [-0.25, -0.2) is 9.78 Å². The molecular formula is C14H19N3O4. The molecule has 1 aromatic rings. The highest BCUT2D eigenvalue weighted by Gasteiger charge is 2.45. The number of carbonyl (C=O) groups is 2. The minimum absolute atomic E-state index is 0.101. The van der Waals surface area contributed by atoms with E-state index >= 15 is 0 Å². The Balaban J connectivity index is 2.04. The van der Waals surface area contributed by atoms with E-state index < -0.39 is 18.1 Å². The summed E-state index contributed by atoms with van der Waals surface area (Å²) < 4.78 is 7.28. The average molecular weight is 293 g/mol. The van der Waals surface area contributed by atoms with Crippen molar-refractivity contribution in [2.24, 2.45) is 0 Å². The molecule has 114 valence electrons. The van der Waals surface area contributed by atoms with Gasteiger partial charge in [-0.05, 0) is 26.7 Å². The van der Waals surface area contributed by atoms with E-state index in [9.17, 15) is 14.7 Å². The maximum absolute atomic E-state index is 12.2. The molecule has 2 aliphatic rings. The van der Waals surface area contributed by atoms with Gasteiger partial charge < -0.3 is 19.3 Å². The van der Waals surface area contributed by atoms with E-state index in [0.717, 1.165) is 18.5 Å². The van der Waals surface area contributed by atoms with Crippen molar-refractivity contribution < 1.29 is 19.4 Å². The lowest BCUT2D eigenvalue weighted by Crippen LogP contribution is -2.54. The molecule has 1 amide bonds. The number of hydrogen-bond acceptors (Lipinski definition) is 4. The Morgan fingerprint density at radius 3 is 2.76 bits per heavy atom. The summed E-state index contributed by atoms with van der Waals surface area (Å²) in [7, 11) is 0. The van der Waals surface area contributed by atoms with Gasteiger partial charge in [0.25, 0.3) is 0 Å². The summed E-state index contributed by atoms with van der Waals surface area (Å²) in [6.07, 6.45) is 4.42. The second-order valence-corrected chi connectivity index (χ2v) is 5.87. The van der Waals surface area contributed by atoms with Crippen molar-refractivity contribution in [2.45, 2.75) is 50.9 Å². The Morgan fingerprint density at radius 1 is 1.48 bits per heavy atom. The van der Waals surface area contributed by atoms with Crippen molar-refractivity contribution in [3.63, 3.8) is 0 Å². The number of imidazole rings is 1. The third-order valence-corrected chi connectivity index (χ3v) is 4.00. The maximum atomic E-state index is 12.2. The molecule has 7 nitrogen and oxygen atoms in total. The summed E-state index contributed by atoms with van der Waals surface area (Å²) in [5.74, 6) is -1.24. The van der Waals surface area contributed by atoms with Gasteiger partial charge in [-0.1, -0.05) is 0 Å². The molecule has 1 aliphatic heterocycles. The Bertz CT molecular complexity index is 564. The molecule has 0 bridgehead atoms. The van der Waals surface area contributed by atoms with Crippen molar-refractivity contribution >= 4 is 11.9 Å². The van der Waals surface area contributed by atoms with Gasteiger partial charge in [-0.2, -0.15) is 0 Å². The number of amides is 1. The van der Waals surface area contributed by atoms with Crippen LogP contribution in [0.2, 0.25) is 0 Å². The number of hydrogen-bond donors (Lipinski definition) is 1. The number of carbonyl (C=O) groups excluding carboxylic acids is 1. The lowest BCUT2D eigenvalue weighted by Gasteiger charge is -2.41. The smallest absolute Gasteiger partial charge is 0.335 e. The molecular weight excluding hydrogens is 274 g/mol. The largest absolute Gasteiger partial charge is 0.479 e. The minimum atomic E-state index is -1.06. The van der Waals surface area contributed by atoms with E-state index in [1.807, 2.05) is 18.4 Å². The number of nitrogens with zero attached hydrogens (tertiary/aromatic N) is 3. The Labute approximate surface area is 122 Å². The molecule has 1 aliphatic carbocycles. The van der Waals surface area contributed by atoms with E-state index in [1.165, 1.54) is 0 Å². The standard InChI is InChI=1S/C14H19N3O4/c1-8(2)17-11(18)6-21-13(14(19)20)12(17)10-5-15-7-16(10)9-3-4-9/h5,7-9,12-13H,3-4,6H2,1-2H3,(H,19,20). The highest BCUT2D eigenvalue weighted by molar-refractivity contribution is 5.83. The molecule has 2 fully saturated rings. The monoisotopic (exact) mass is 293 g/mol. The molecule has 3 rings (SSSR count). The second-order valence-electron chi connectivity index (χ2n) is 5.87. The van der Waals surface area contributed by atoms with Gasteiger partial charge >= 0.3 is 5.97 Å². The summed E-state index contributed by atoms with van der Waals surface area (Å²) in [4.78, 5) is 29.5. The first kappa shape index (κ1) is 14.1. The maximum Gasteiger partial charge on any atom is 0.335 e. The van der Waals surface area contributed by atoms with Gasteiger partial charge in [0.15, 0.2) is 6.10 Å². The van der Waals surface area contributed by atoms with Crippen LogP contribution in [0.4, 0.5) is 0 Å². The number of carboxylic acid groups (broad SMARTS) is 1.